The van der Waals surface area contributed by atoms with E-state index in [1.165, 1.54) is 31.9 Å². The van der Waals surface area contributed by atoms with Gasteiger partial charge in [0.05, 0.1) is 5.75 Å². The molecular weight excluding hydrogens is 238 g/mol. The largest absolute Gasteiger partial charge is 0.381 e. The Morgan fingerprint density at radius 3 is 2.53 bits per heavy atom. The topological polar surface area (TPSA) is 55.4 Å². The van der Waals surface area contributed by atoms with Crippen molar-refractivity contribution in [3.63, 3.8) is 0 Å². The van der Waals surface area contributed by atoms with Gasteiger partial charge in [0.2, 0.25) is 0 Å². The van der Waals surface area contributed by atoms with E-state index in [-0.39, 0.29) is 5.75 Å². The summed E-state index contributed by atoms with van der Waals surface area (Å²) in [6.07, 6.45) is 7.36. The van der Waals surface area contributed by atoms with Crippen molar-refractivity contribution in [3.8, 4) is 0 Å². The van der Waals surface area contributed by atoms with E-state index in [4.69, 9.17) is 4.74 Å². The van der Waals surface area contributed by atoms with Crippen LogP contribution in [0.3, 0.4) is 0 Å². The fourth-order valence-corrected chi connectivity index (χ4v) is 2.62. The summed E-state index contributed by atoms with van der Waals surface area (Å²) in [5.41, 5.74) is 0. The zero-order chi connectivity index (χ0) is 12.6. The lowest BCUT2D eigenvalue weighted by atomic mass is 9.94. The lowest BCUT2D eigenvalue weighted by molar-refractivity contribution is 0.0632. The van der Waals surface area contributed by atoms with Gasteiger partial charge in [-0.15, -0.1) is 0 Å². The maximum absolute atomic E-state index is 10.9. The summed E-state index contributed by atoms with van der Waals surface area (Å²) in [5, 5.41) is 3.18. The van der Waals surface area contributed by atoms with Gasteiger partial charge in [-0.3, -0.25) is 0 Å². The summed E-state index contributed by atoms with van der Waals surface area (Å²) >= 11 is 0. The quantitative estimate of drug-likeness (QED) is 0.669. The Bertz CT molecular complexity index is 284. The van der Waals surface area contributed by atoms with Crippen molar-refractivity contribution in [2.24, 2.45) is 5.92 Å². The number of hydrogen-bond donors (Lipinski definition) is 1. The Hall–Kier alpha value is -0.130. The van der Waals surface area contributed by atoms with Crippen LogP contribution in [0.2, 0.25) is 0 Å². The van der Waals surface area contributed by atoms with Crippen molar-refractivity contribution in [3.05, 3.63) is 0 Å². The van der Waals surface area contributed by atoms with Crippen molar-refractivity contribution in [2.75, 3.05) is 38.3 Å². The van der Waals surface area contributed by atoms with E-state index >= 15 is 0 Å². The summed E-state index contributed by atoms with van der Waals surface area (Å²) in [7, 11) is -2.81. The smallest absolute Gasteiger partial charge is 0.148 e. The minimum absolute atomic E-state index is 0.243. The number of hydrogen-bond acceptors (Lipinski definition) is 4. The monoisotopic (exact) mass is 263 g/mol. The second kappa shape index (κ2) is 8.06. The third kappa shape index (κ3) is 8.57. The number of sulfone groups is 1. The highest BCUT2D eigenvalue weighted by Crippen LogP contribution is 2.20. The average Bonchev–Trinajstić information content (AvgIpc) is 2.28. The highest BCUT2D eigenvalue weighted by atomic mass is 32.2. The second-order valence-corrected chi connectivity index (χ2v) is 7.19. The molecule has 0 aromatic rings. The van der Waals surface area contributed by atoms with Crippen molar-refractivity contribution in [1.82, 2.24) is 5.32 Å². The Morgan fingerprint density at radius 2 is 1.88 bits per heavy atom. The van der Waals surface area contributed by atoms with Crippen LogP contribution in [-0.4, -0.2) is 46.7 Å². The normalized spacial score (nSPS) is 18.4. The van der Waals surface area contributed by atoms with Gasteiger partial charge in [0.15, 0.2) is 0 Å². The van der Waals surface area contributed by atoms with Gasteiger partial charge in [-0.1, -0.05) is 12.8 Å². The van der Waals surface area contributed by atoms with E-state index in [0.717, 1.165) is 32.1 Å². The SMILES string of the molecule is CS(=O)(=O)CCNCCCCC1CCOCC1. The van der Waals surface area contributed by atoms with E-state index < -0.39 is 9.84 Å². The second-order valence-electron chi connectivity index (χ2n) is 4.93. The lowest BCUT2D eigenvalue weighted by Gasteiger charge is -2.21. The molecule has 17 heavy (non-hydrogen) atoms. The molecule has 1 fully saturated rings. The minimum Gasteiger partial charge on any atom is -0.381 e. The van der Waals surface area contributed by atoms with Crippen molar-refractivity contribution < 1.29 is 13.2 Å². The van der Waals surface area contributed by atoms with Crippen molar-refractivity contribution >= 4 is 9.84 Å². The molecule has 0 amide bonds. The van der Waals surface area contributed by atoms with E-state index in [9.17, 15) is 8.42 Å². The van der Waals surface area contributed by atoms with Gasteiger partial charge in [-0.05, 0) is 31.7 Å². The molecule has 1 aliphatic heterocycles. The molecule has 1 rings (SSSR count). The van der Waals surface area contributed by atoms with Crippen molar-refractivity contribution in [2.45, 2.75) is 32.1 Å². The first kappa shape index (κ1) is 14.9. The molecule has 1 aliphatic rings. The van der Waals surface area contributed by atoms with Gasteiger partial charge < -0.3 is 10.1 Å². The summed E-state index contributed by atoms with van der Waals surface area (Å²) in [4.78, 5) is 0. The molecule has 1 heterocycles. The highest BCUT2D eigenvalue weighted by Gasteiger charge is 2.12. The fourth-order valence-electron chi connectivity index (χ4n) is 2.10. The number of unbranched alkanes of at least 4 members (excludes halogenated alkanes) is 1. The third-order valence-corrected chi connectivity index (χ3v) is 4.15. The Kier molecular flexibility index (Phi) is 7.08. The molecule has 5 heteroatoms. The number of ether oxygens (including phenoxy) is 1. The van der Waals surface area contributed by atoms with Gasteiger partial charge in [-0.2, -0.15) is 0 Å². The number of rotatable bonds is 8. The van der Waals surface area contributed by atoms with Gasteiger partial charge in [-0.25, -0.2) is 8.42 Å². The molecular formula is C12H25NO3S. The van der Waals surface area contributed by atoms with Crippen molar-refractivity contribution in [1.29, 1.82) is 0 Å². The predicted molar refractivity (Wildman–Crippen MR) is 70.0 cm³/mol. The van der Waals surface area contributed by atoms with Crippen LogP contribution < -0.4 is 5.32 Å². The summed E-state index contributed by atoms with van der Waals surface area (Å²) in [5.74, 6) is 1.09. The Balaban J connectivity index is 1.87. The van der Waals surface area contributed by atoms with Crippen LogP contribution in [0, 0.1) is 5.92 Å². The average molecular weight is 263 g/mol. The molecule has 0 aromatic heterocycles. The van der Waals surface area contributed by atoms with Crippen LogP contribution in [0.5, 0.6) is 0 Å². The molecule has 0 aliphatic carbocycles. The van der Waals surface area contributed by atoms with E-state index in [2.05, 4.69) is 5.32 Å². The molecule has 0 bridgehead atoms. The molecule has 0 atom stereocenters. The summed E-state index contributed by atoms with van der Waals surface area (Å²) in [6.45, 7) is 3.36. The highest BCUT2D eigenvalue weighted by molar-refractivity contribution is 7.90. The fraction of sp³-hybridized carbons (Fsp3) is 1.00. The standard InChI is InChI=1S/C12H25NO3S/c1-17(14,15)11-8-13-7-3-2-4-12-5-9-16-10-6-12/h12-13H,2-11H2,1H3. The molecule has 1 saturated heterocycles. The molecule has 102 valence electrons. The van der Waals surface area contributed by atoms with Crippen LogP contribution in [0.15, 0.2) is 0 Å². The first-order chi connectivity index (χ1) is 8.08. The molecule has 0 aromatic carbocycles. The molecule has 0 radical (unpaired) electrons. The van der Waals surface area contributed by atoms with Crippen LogP contribution >= 0.6 is 0 Å². The van der Waals surface area contributed by atoms with E-state index in [1.807, 2.05) is 0 Å². The van der Waals surface area contributed by atoms with E-state index in [1.54, 1.807) is 0 Å². The predicted octanol–water partition coefficient (Wildman–Crippen LogP) is 1.22. The first-order valence-electron chi connectivity index (χ1n) is 6.54. The first-order valence-corrected chi connectivity index (χ1v) is 8.60. The van der Waals surface area contributed by atoms with Crippen LogP contribution in [0.1, 0.15) is 32.1 Å². The molecule has 0 saturated carbocycles. The third-order valence-electron chi connectivity index (χ3n) is 3.21. The zero-order valence-corrected chi connectivity index (χ0v) is 11.6. The van der Waals surface area contributed by atoms with Crippen LogP contribution in [0.25, 0.3) is 0 Å². The molecule has 4 nitrogen and oxygen atoms in total. The van der Waals surface area contributed by atoms with Gasteiger partial charge in [0.25, 0.3) is 0 Å². The van der Waals surface area contributed by atoms with Gasteiger partial charge in [0.1, 0.15) is 9.84 Å². The Morgan fingerprint density at radius 1 is 1.18 bits per heavy atom. The molecule has 0 unspecified atom stereocenters. The van der Waals surface area contributed by atoms with Crippen LogP contribution in [-0.2, 0) is 14.6 Å². The minimum atomic E-state index is -2.81. The zero-order valence-electron chi connectivity index (χ0n) is 10.8. The van der Waals surface area contributed by atoms with Crippen LogP contribution in [0.4, 0.5) is 0 Å². The lowest BCUT2D eigenvalue weighted by Crippen LogP contribution is -2.23. The number of nitrogens with one attached hydrogen (secondary N) is 1. The molecule has 0 spiro atoms. The van der Waals surface area contributed by atoms with Gasteiger partial charge in [0, 0.05) is 26.0 Å². The maximum Gasteiger partial charge on any atom is 0.148 e. The summed E-state index contributed by atoms with van der Waals surface area (Å²) in [6, 6.07) is 0. The Labute approximate surface area is 105 Å². The molecule has 1 N–H and O–H groups in total. The van der Waals surface area contributed by atoms with E-state index in [0.29, 0.717) is 6.54 Å². The summed E-state index contributed by atoms with van der Waals surface area (Å²) < 4.78 is 27.1. The maximum atomic E-state index is 10.9. The van der Waals surface area contributed by atoms with Gasteiger partial charge >= 0.3 is 0 Å².